The Morgan fingerprint density at radius 1 is 1.03 bits per heavy atom. The molecule has 198 valence electrons. The van der Waals surface area contributed by atoms with E-state index in [1.807, 2.05) is 59.7 Å². The van der Waals surface area contributed by atoms with Gasteiger partial charge in [-0.25, -0.2) is 8.42 Å². The number of nitrogens with one attached hydrogen (secondary N) is 1. The minimum Gasteiger partial charge on any atom is -0.497 e. The maximum Gasteiger partial charge on any atom is 0.244 e. The average molecular weight is 518 g/mol. The van der Waals surface area contributed by atoms with E-state index in [9.17, 15) is 18.0 Å². The minimum absolute atomic E-state index is 0.142. The number of nitrogens with zero attached hydrogens (tertiary/aromatic N) is 2. The molecule has 0 fully saturated rings. The highest BCUT2D eigenvalue weighted by Gasteiger charge is 2.33. The standard InChI is InChI=1S/C27H39N3O5S/c1-9-24(26(32)28-27(4,5)6)29(17-21-11-14-23(35-7)15-12-21)25(31)18-30(36(8,33)34)22-13-10-19(2)20(3)16-22/h10-16,24H,9,17-18H2,1-8H3,(H,28,32)/t24-/m0/s1. The van der Waals surface area contributed by atoms with Crippen LogP contribution in [0, 0.1) is 13.8 Å². The molecule has 1 N–H and O–H groups in total. The number of rotatable bonds is 10. The Hall–Kier alpha value is -3.07. The molecule has 0 aromatic heterocycles. The first-order valence-corrected chi connectivity index (χ1v) is 13.8. The van der Waals surface area contributed by atoms with Crippen molar-refractivity contribution < 1.29 is 22.7 Å². The van der Waals surface area contributed by atoms with E-state index in [0.29, 0.717) is 17.9 Å². The molecule has 9 heteroatoms. The Kier molecular flexibility index (Phi) is 9.54. The summed E-state index contributed by atoms with van der Waals surface area (Å²) in [5, 5.41) is 2.95. The Bertz CT molecular complexity index is 1170. The van der Waals surface area contributed by atoms with Crippen molar-refractivity contribution in [2.24, 2.45) is 0 Å². The van der Waals surface area contributed by atoms with Gasteiger partial charge in [0.05, 0.1) is 19.1 Å². The molecule has 0 unspecified atom stereocenters. The average Bonchev–Trinajstić information content (AvgIpc) is 2.77. The van der Waals surface area contributed by atoms with Gasteiger partial charge in [0.2, 0.25) is 21.8 Å². The van der Waals surface area contributed by atoms with E-state index in [0.717, 1.165) is 27.3 Å². The van der Waals surface area contributed by atoms with E-state index in [4.69, 9.17) is 4.74 Å². The predicted octanol–water partition coefficient (Wildman–Crippen LogP) is 3.80. The number of ether oxygens (including phenoxy) is 1. The molecule has 0 heterocycles. The number of hydrogen-bond acceptors (Lipinski definition) is 5. The van der Waals surface area contributed by atoms with Crippen LogP contribution < -0.4 is 14.4 Å². The fourth-order valence-electron chi connectivity index (χ4n) is 3.79. The second-order valence-corrected chi connectivity index (χ2v) is 12.0. The summed E-state index contributed by atoms with van der Waals surface area (Å²) in [6, 6.07) is 11.7. The monoisotopic (exact) mass is 517 g/mol. The van der Waals surface area contributed by atoms with E-state index >= 15 is 0 Å². The van der Waals surface area contributed by atoms with Crippen LogP contribution in [0.15, 0.2) is 42.5 Å². The van der Waals surface area contributed by atoms with E-state index in [-0.39, 0.29) is 12.5 Å². The summed E-state index contributed by atoms with van der Waals surface area (Å²) in [4.78, 5) is 28.4. The molecule has 0 aliphatic rings. The van der Waals surface area contributed by atoms with Gasteiger partial charge in [-0.2, -0.15) is 0 Å². The molecule has 0 radical (unpaired) electrons. The Morgan fingerprint density at radius 2 is 1.64 bits per heavy atom. The number of anilines is 1. The quantitative estimate of drug-likeness (QED) is 0.517. The van der Waals surface area contributed by atoms with Crippen molar-refractivity contribution in [1.29, 1.82) is 0 Å². The summed E-state index contributed by atoms with van der Waals surface area (Å²) in [6.07, 6.45) is 1.44. The lowest BCUT2D eigenvalue weighted by Crippen LogP contribution is -2.55. The summed E-state index contributed by atoms with van der Waals surface area (Å²) in [5.74, 6) is -0.0820. The smallest absolute Gasteiger partial charge is 0.244 e. The van der Waals surface area contributed by atoms with Gasteiger partial charge in [0.15, 0.2) is 0 Å². The van der Waals surface area contributed by atoms with Crippen molar-refractivity contribution in [2.75, 3.05) is 24.2 Å². The summed E-state index contributed by atoms with van der Waals surface area (Å²) >= 11 is 0. The number of sulfonamides is 1. The van der Waals surface area contributed by atoms with Crippen molar-refractivity contribution in [3.8, 4) is 5.75 Å². The van der Waals surface area contributed by atoms with Crippen LogP contribution in [-0.2, 0) is 26.2 Å². The summed E-state index contributed by atoms with van der Waals surface area (Å²) < 4.78 is 31.8. The minimum atomic E-state index is -3.77. The molecule has 2 rings (SSSR count). The van der Waals surface area contributed by atoms with E-state index < -0.39 is 34.1 Å². The molecule has 2 amide bonds. The molecular formula is C27H39N3O5S. The lowest BCUT2D eigenvalue weighted by Gasteiger charge is -2.34. The molecule has 0 spiro atoms. The summed E-state index contributed by atoms with van der Waals surface area (Å²) in [7, 11) is -2.20. The maximum absolute atomic E-state index is 13.7. The zero-order valence-electron chi connectivity index (χ0n) is 22.6. The van der Waals surface area contributed by atoms with Gasteiger partial charge in [-0.3, -0.25) is 13.9 Å². The maximum atomic E-state index is 13.7. The molecule has 2 aromatic rings. The summed E-state index contributed by atoms with van der Waals surface area (Å²) in [6.45, 7) is 11.0. The first-order chi connectivity index (χ1) is 16.7. The van der Waals surface area contributed by atoms with E-state index in [1.54, 1.807) is 31.4 Å². The number of amides is 2. The zero-order chi connectivity index (χ0) is 27.3. The van der Waals surface area contributed by atoms with Gasteiger partial charge in [-0.15, -0.1) is 0 Å². The summed E-state index contributed by atoms with van der Waals surface area (Å²) in [5.41, 5.74) is 2.65. The predicted molar refractivity (Wildman–Crippen MR) is 144 cm³/mol. The highest BCUT2D eigenvalue weighted by Crippen LogP contribution is 2.23. The number of benzene rings is 2. The molecule has 0 aliphatic heterocycles. The Labute approximate surface area is 215 Å². The highest BCUT2D eigenvalue weighted by atomic mass is 32.2. The molecular weight excluding hydrogens is 478 g/mol. The van der Waals surface area contributed by atoms with Crippen LogP contribution in [0.3, 0.4) is 0 Å². The van der Waals surface area contributed by atoms with Crippen LogP contribution in [0.25, 0.3) is 0 Å². The molecule has 0 saturated heterocycles. The van der Waals surface area contributed by atoms with Crippen molar-refractivity contribution in [2.45, 2.75) is 66.1 Å². The third-order valence-electron chi connectivity index (χ3n) is 5.85. The third kappa shape index (κ3) is 7.98. The van der Waals surface area contributed by atoms with Gasteiger partial charge in [-0.1, -0.05) is 25.1 Å². The van der Waals surface area contributed by atoms with Crippen molar-refractivity contribution in [3.05, 3.63) is 59.2 Å². The zero-order valence-corrected chi connectivity index (χ0v) is 23.4. The molecule has 0 aliphatic carbocycles. The van der Waals surface area contributed by atoms with E-state index in [1.165, 1.54) is 4.90 Å². The SMILES string of the molecule is CC[C@@H](C(=O)NC(C)(C)C)N(Cc1ccc(OC)cc1)C(=O)CN(c1ccc(C)c(C)c1)S(C)(=O)=O. The van der Waals surface area contributed by atoms with Crippen molar-refractivity contribution in [1.82, 2.24) is 10.2 Å². The van der Waals surface area contributed by atoms with Crippen molar-refractivity contribution >= 4 is 27.5 Å². The molecule has 1 atom stereocenters. The first-order valence-electron chi connectivity index (χ1n) is 12.0. The number of methoxy groups -OCH3 is 1. The molecule has 0 saturated carbocycles. The fraction of sp³-hybridized carbons (Fsp3) is 0.481. The van der Waals surface area contributed by atoms with Gasteiger partial charge in [-0.05, 0) is 82.0 Å². The van der Waals surface area contributed by atoms with Gasteiger partial charge >= 0.3 is 0 Å². The van der Waals surface area contributed by atoms with Crippen LogP contribution in [0.2, 0.25) is 0 Å². The number of hydrogen-bond donors (Lipinski definition) is 1. The van der Waals surface area contributed by atoms with Crippen LogP contribution in [0.1, 0.15) is 50.8 Å². The molecule has 2 aromatic carbocycles. The number of carbonyl (C=O) groups excluding carboxylic acids is 2. The number of carbonyl (C=O) groups is 2. The van der Waals surface area contributed by atoms with Gasteiger partial charge in [0.1, 0.15) is 18.3 Å². The molecule has 0 bridgehead atoms. The Morgan fingerprint density at radius 3 is 2.11 bits per heavy atom. The van der Waals surface area contributed by atoms with Crippen LogP contribution in [0.4, 0.5) is 5.69 Å². The second kappa shape index (κ2) is 11.8. The van der Waals surface area contributed by atoms with Gasteiger partial charge in [0.25, 0.3) is 0 Å². The number of aryl methyl sites for hydroxylation is 2. The van der Waals surface area contributed by atoms with Crippen molar-refractivity contribution in [3.63, 3.8) is 0 Å². The topological polar surface area (TPSA) is 96.0 Å². The fourth-order valence-corrected chi connectivity index (χ4v) is 4.64. The first kappa shape index (κ1) is 29.2. The Balaban J connectivity index is 2.47. The highest BCUT2D eigenvalue weighted by molar-refractivity contribution is 7.92. The van der Waals surface area contributed by atoms with Crippen LogP contribution in [0.5, 0.6) is 5.75 Å². The van der Waals surface area contributed by atoms with E-state index in [2.05, 4.69) is 5.32 Å². The molecule has 36 heavy (non-hydrogen) atoms. The molecule has 8 nitrogen and oxygen atoms in total. The normalized spacial score (nSPS) is 12.6. The second-order valence-electron chi connectivity index (χ2n) is 10.1. The van der Waals surface area contributed by atoms with Gasteiger partial charge in [0, 0.05) is 12.1 Å². The lowest BCUT2D eigenvalue weighted by atomic mass is 10.1. The van der Waals surface area contributed by atoms with Crippen LogP contribution >= 0.6 is 0 Å². The largest absolute Gasteiger partial charge is 0.497 e. The third-order valence-corrected chi connectivity index (χ3v) is 6.99. The van der Waals surface area contributed by atoms with Crippen LogP contribution in [-0.4, -0.2) is 56.6 Å². The lowest BCUT2D eigenvalue weighted by molar-refractivity contribution is -0.141. The van der Waals surface area contributed by atoms with Gasteiger partial charge < -0.3 is 15.0 Å².